The van der Waals surface area contributed by atoms with Crippen molar-refractivity contribution in [3.63, 3.8) is 0 Å². The first-order chi connectivity index (χ1) is 9.56. The van der Waals surface area contributed by atoms with Crippen LogP contribution in [0.1, 0.15) is 22.7 Å². The van der Waals surface area contributed by atoms with Crippen LogP contribution in [0.4, 0.5) is 5.69 Å². The zero-order valence-corrected chi connectivity index (χ0v) is 11.9. The Bertz CT molecular complexity index is 684. The minimum Gasteiger partial charge on any atom is -0.316 e. The Morgan fingerprint density at radius 2 is 2.05 bits per heavy atom. The van der Waals surface area contributed by atoms with E-state index in [4.69, 9.17) is 17.3 Å². The highest BCUT2D eigenvalue weighted by atomic mass is 35.5. The highest BCUT2D eigenvalue weighted by Gasteiger charge is 2.34. The molecule has 0 fully saturated rings. The zero-order chi connectivity index (χ0) is 14.3. The van der Waals surface area contributed by atoms with E-state index in [1.54, 1.807) is 17.0 Å². The molecule has 1 aliphatic heterocycles. The van der Waals surface area contributed by atoms with Crippen LogP contribution in [0.2, 0.25) is 5.02 Å². The lowest BCUT2D eigenvalue weighted by atomic mass is 10.1. The van der Waals surface area contributed by atoms with Gasteiger partial charge in [-0.05, 0) is 30.7 Å². The minimum atomic E-state index is -0.617. The standard InChI is InChI=1S/C16H15ClN2O/c1-10-3-2-4-11(7-10)9-19-14-6-5-12(17)8-13(14)15(18)16(19)20/h2-8,15H,9,18H2,1H3. The number of carbonyl (C=O) groups excluding carboxylic acids is 1. The van der Waals surface area contributed by atoms with Crippen LogP contribution < -0.4 is 10.6 Å². The first-order valence-corrected chi connectivity index (χ1v) is 6.86. The monoisotopic (exact) mass is 286 g/mol. The lowest BCUT2D eigenvalue weighted by molar-refractivity contribution is -0.119. The molecule has 0 saturated carbocycles. The van der Waals surface area contributed by atoms with E-state index < -0.39 is 6.04 Å². The number of rotatable bonds is 2. The van der Waals surface area contributed by atoms with Gasteiger partial charge in [-0.1, -0.05) is 41.4 Å². The van der Waals surface area contributed by atoms with Crippen LogP contribution in [0.15, 0.2) is 42.5 Å². The van der Waals surface area contributed by atoms with E-state index in [2.05, 4.69) is 6.07 Å². The molecule has 2 aromatic carbocycles. The molecule has 0 bridgehead atoms. The molecule has 0 spiro atoms. The molecule has 1 atom stereocenters. The molecule has 1 unspecified atom stereocenters. The fourth-order valence-corrected chi connectivity index (χ4v) is 2.78. The van der Waals surface area contributed by atoms with Gasteiger partial charge in [0, 0.05) is 16.3 Å². The number of hydrogen-bond acceptors (Lipinski definition) is 2. The quantitative estimate of drug-likeness (QED) is 0.921. The number of fused-ring (bicyclic) bond motifs is 1. The number of hydrogen-bond donors (Lipinski definition) is 1. The van der Waals surface area contributed by atoms with Crippen molar-refractivity contribution in [2.75, 3.05) is 4.90 Å². The van der Waals surface area contributed by atoms with Crippen LogP contribution in [0.3, 0.4) is 0 Å². The lowest BCUT2D eigenvalue weighted by Crippen LogP contribution is -2.31. The minimum absolute atomic E-state index is 0.0798. The predicted octanol–water partition coefficient (Wildman–Crippen LogP) is 3.20. The average Bonchev–Trinajstić information content (AvgIpc) is 2.64. The molecule has 0 saturated heterocycles. The molecule has 4 heteroatoms. The molecule has 2 N–H and O–H groups in total. The molecular formula is C16H15ClN2O. The van der Waals surface area contributed by atoms with Crippen molar-refractivity contribution in [1.29, 1.82) is 0 Å². The Kier molecular flexibility index (Phi) is 3.24. The number of benzene rings is 2. The van der Waals surface area contributed by atoms with Crippen molar-refractivity contribution < 1.29 is 4.79 Å². The summed E-state index contributed by atoms with van der Waals surface area (Å²) in [6.45, 7) is 2.57. The van der Waals surface area contributed by atoms with E-state index in [1.165, 1.54) is 5.56 Å². The number of halogens is 1. The summed E-state index contributed by atoms with van der Waals surface area (Å²) in [4.78, 5) is 14.0. The maximum atomic E-state index is 12.3. The van der Waals surface area contributed by atoms with Gasteiger partial charge in [-0.15, -0.1) is 0 Å². The molecule has 0 radical (unpaired) electrons. The van der Waals surface area contributed by atoms with Gasteiger partial charge in [0.2, 0.25) is 5.91 Å². The zero-order valence-electron chi connectivity index (χ0n) is 11.1. The van der Waals surface area contributed by atoms with Crippen molar-refractivity contribution in [2.24, 2.45) is 5.73 Å². The number of carbonyl (C=O) groups is 1. The van der Waals surface area contributed by atoms with Gasteiger partial charge >= 0.3 is 0 Å². The molecule has 0 aliphatic carbocycles. The van der Waals surface area contributed by atoms with Gasteiger partial charge in [0.05, 0.1) is 6.54 Å². The van der Waals surface area contributed by atoms with Crippen molar-refractivity contribution in [1.82, 2.24) is 0 Å². The van der Waals surface area contributed by atoms with E-state index >= 15 is 0 Å². The molecule has 20 heavy (non-hydrogen) atoms. The summed E-state index contributed by atoms with van der Waals surface area (Å²) in [5.41, 5.74) is 9.91. The van der Waals surface area contributed by atoms with Gasteiger partial charge in [-0.3, -0.25) is 4.79 Å². The van der Waals surface area contributed by atoms with Crippen LogP contribution in [-0.4, -0.2) is 5.91 Å². The molecule has 3 nitrogen and oxygen atoms in total. The summed E-state index contributed by atoms with van der Waals surface area (Å²) >= 11 is 5.98. The van der Waals surface area contributed by atoms with Crippen LogP contribution in [0.5, 0.6) is 0 Å². The van der Waals surface area contributed by atoms with Gasteiger partial charge in [0.1, 0.15) is 6.04 Å². The van der Waals surface area contributed by atoms with E-state index in [1.807, 2.05) is 31.2 Å². The second kappa shape index (κ2) is 4.93. The van der Waals surface area contributed by atoms with Crippen LogP contribution in [-0.2, 0) is 11.3 Å². The average molecular weight is 287 g/mol. The Morgan fingerprint density at radius 1 is 1.25 bits per heavy atom. The molecule has 2 aromatic rings. The maximum Gasteiger partial charge on any atom is 0.248 e. The number of nitrogens with zero attached hydrogens (tertiary/aromatic N) is 1. The van der Waals surface area contributed by atoms with E-state index in [0.29, 0.717) is 11.6 Å². The smallest absolute Gasteiger partial charge is 0.248 e. The van der Waals surface area contributed by atoms with E-state index in [9.17, 15) is 4.79 Å². The third-order valence-electron chi connectivity index (χ3n) is 3.57. The first-order valence-electron chi connectivity index (χ1n) is 6.48. The van der Waals surface area contributed by atoms with Gasteiger partial charge in [0.15, 0.2) is 0 Å². The fraction of sp³-hybridized carbons (Fsp3) is 0.188. The van der Waals surface area contributed by atoms with Crippen molar-refractivity contribution >= 4 is 23.2 Å². The van der Waals surface area contributed by atoms with Gasteiger partial charge in [-0.25, -0.2) is 0 Å². The number of amides is 1. The Hall–Kier alpha value is -1.84. The van der Waals surface area contributed by atoms with Gasteiger partial charge in [-0.2, -0.15) is 0 Å². The molecular weight excluding hydrogens is 272 g/mol. The molecule has 1 heterocycles. The summed E-state index contributed by atoms with van der Waals surface area (Å²) < 4.78 is 0. The third kappa shape index (κ3) is 2.19. The highest BCUT2D eigenvalue weighted by molar-refractivity contribution is 6.31. The summed E-state index contributed by atoms with van der Waals surface area (Å²) in [5.74, 6) is -0.0798. The number of aryl methyl sites for hydroxylation is 1. The molecule has 1 amide bonds. The second-order valence-corrected chi connectivity index (χ2v) is 5.53. The molecule has 1 aliphatic rings. The summed E-state index contributed by atoms with van der Waals surface area (Å²) in [6.07, 6.45) is 0. The van der Waals surface area contributed by atoms with Crippen LogP contribution in [0, 0.1) is 6.92 Å². The lowest BCUT2D eigenvalue weighted by Gasteiger charge is -2.18. The predicted molar refractivity (Wildman–Crippen MR) is 80.7 cm³/mol. The molecule has 3 rings (SSSR count). The number of nitrogens with two attached hydrogens (primary N) is 1. The number of anilines is 1. The van der Waals surface area contributed by atoms with Gasteiger partial charge < -0.3 is 10.6 Å². The fourth-order valence-electron chi connectivity index (χ4n) is 2.60. The van der Waals surface area contributed by atoms with Gasteiger partial charge in [0.25, 0.3) is 0 Å². The largest absolute Gasteiger partial charge is 0.316 e. The highest BCUT2D eigenvalue weighted by Crippen LogP contribution is 2.37. The van der Waals surface area contributed by atoms with Crippen molar-refractivity contribution in [3.8, 4) is 0 Å². The Morgan fingerprint density at radius 3 is 2.80 bits per heavy atom. The SMILES string of the molecule is Cc1cccc(CN2C(=O)C(N)c3cc(Cl)ccc32)c1. The summed E-state index contributed by atoms with van der Waals surface area (Å²) in [6, 6.07) is 12.9. The van der Waals surface area contributed by atoms with E-state index in [-0.39, 0.29) is 5.91 Å². The van der Waals surface area contributed by atoms with Crippen LogP contribution >= 0.6 is 11.6 Å². The Balaban J connectivity index is 1.97. The van der Waals surface area contributed by atoms with Crippen LogP contribution in [0.25, 0.3) is 0 Å². The second-order valence-electron chi connectivity index (χ2n) is 5.09. The summed E-state index contributed by atoms with van der Waals surface area (Å²) in [5, 5.41) is 0.601. The topological polar surface area (TPSA) is 46.3 Å². The normalized spacial score (nSPS) is 17.4. The maximum absolute atomic E-state index is 12.3. The molecule has 0 aromatic heterocycles. The first kappa shape index (κ1) is 13.2. The van der Waals surface area contributed by atoms with E-state index in [0.717, 1.165) is 16.8 Å². The van der Waals surface area contributed by atoms with Crippen molar-refractivity contribution in [3.05, 3.63) is 64.2 Å². The Labute approximate surface area is 123 Å². The third-order valence-corrected chi connectivity index (χ3v) is 3.81. The van der Waals surface area contributed by atoms with Crippen molar-refractivity contribution in [2.45, 2.75) is 19.5 Å². The molecule has 102 valence electrons. The summed E-state index contributed by atoms with van der Waals surface area (Å²) in [7, 11) is 0.